The van der Waals surface area contributed by atoms with Crippen LogP contribution in [0.15, 0.2) is 4.99 Å². The molecular formula is C12H26N4O4S2. The third kappa shape index (κ3) is 6.49. The van der Waals surface area contributed by atoms with E-state index in [0.29, 0.717) is 38.4 Å². The quantitative estimate of drug-likeness (QED) is 0.345. The van der Waals surface area contributed by atoms with Gasteiger partial charge in [0.2, 0.25) is 10.0 Å². The van der Waals surface area contributed by atoms with Gasteiger partial charge in [0.1, 0.15) is 0 Å². The summed E-state index contributed by atoms with van der Waals surface area (Å²) in [5, 5.41) is 6.16. The molecular weight excluding hydrogens is 328 g/mol. The molecule has 10 heteroatoms. The van der Waals surface area contributed by atoms with Crippen molar-refractivity contribution in [1.29, 1.82) is 0 Å². The molecule has 1 unspecified atom stereocenters. The van der Waals surface area contributed by atoms with E-state index in [1.807, 2.05) is 0 Å². The molecule has 1 saturated heterocycles. The van der Waals surface area contributed by atoms with Crippen molar-refractivity contribution < 1.29 is 16.8 Å². The van der Waals surface area contributed by atoms with Gasteiger partial charge in [0.15, 0.2) is 15.8 Å². The minimum Gasteiger partial charge on any atom is -0.356 e. The van der Waals surface area contributed by atoms with E-state index in [4.69, 9.17) is 0 Å². The molecule has 1 rings (SSSR count). The summed E-state index contributed by atoms with van der Waals surface area (Å²) in [5.74, 6) is 0.886. The summed E-state index contributed by atoms with van der Waals surface area (Å²) in [6, 6.07) is -0.112. The normalized spacial score (nSPS) is 22.0. The number of aliphatic imine (C=N–C) groups is 1. The fourth-order valence-electron chi connectivity index (χ4n) is 2.32. The van der Waals surface area contributed by atoms with Crippen LogP contribution in [-0.4, -0.2) is 77.6 Å². The highest BCUT2D eigenvalue weighted by atomic mass is 32.2. The minimum absolute atomic E-state index is 0.112. The molecule has 0 radical (unpaired) electrons. The standard InChI is InChI=1S/C12H26N4O4S2/c1-4-16(21(3,17)18)8-5-7-14-12(13-2)15-11-6-9-22(19,20)10-11/h11H,4-10H2,1-3H3,(H2,13,14,15). The highest BCUT2D eigenvalue weighted by Crippen LogP contribution is 2.10. The highest BCUT2D eigenvalue weighted by Gasteiger charge is 2.28. The van der Waals surface area contributed by atoms with Crippen LogP contribution < -0.4 is 10.6 Å². The fraction of sp³-hybridized carbons (Fsp3) is 0.917. The van der Waals surface area contributed by atoms with Gasteiger partial charge in [0.25, 0.3) is 0 Å². The Morgan fingerprint density at radius 2 is 2.09 bits per heavy atom. The van der Waals surface area contributed by atoms with Crippen molar-refractivity contribution in [3.63, 3.8) is 0 Å². The number of sulfone groups is 1. The van der Waals surface area contributed by atoms with E-state index in [9.17, 15) is 16.8 Å². The summed E-state index contributed by atoms with van der Waals surface area (Å²) < 4.78 is 47.1. The molecule has 22 heavy (non-hydrogen) atoms. The molecule has 0 aromatic heterocycles. The number of nitrogens with one attached hydrogen (secondary N) is 2. The Labute approximate surface area is 133 Å². The van der Waals surface area contributed by atoms with Crippen molar-refractivity contribution >= 4 is 25.8 Å². The fourth-order valence-corrected chi connectivity index (χ4v) is 4.92. The average Bonchev–Trinajstić information content (AvgIpc) is 2.75. The van der Waals surface area contributed by atoms with Crippen molar-refractivity contribution in [2.75, 3.05) is 44.4 Å². The highest BCUT2D eigenvalue weighted by molar-refractivity contribution is 7.91. The molecule has 0 saturated carbocycles. The maximum Gasteiger partial charge on any atom is 0.211 e. The number of guanidine groups is 1. The lowest BCUT2D eigenvalue weighted by Crippen LogP contribution is -2.44. The van der Waals surface area contributed by atoms with Gasteiger partial charge in [0, 0.05) is 32.7 Å². The Morgan fingerprint density at radius 1 is 1.41 bits per heavy atom. The average molecular weight is 354 g/mol. The third-order valence-electron chi connectivity index (χ3n) is 3.50. The van der Waals surface area contributed by atoms with Crippen LogP contribution in [0.1, 0.15) is 19.8 Å². The Hall–Kier alpha value is -0.870. The lowest BCUT2D eigenvalue weighted by atomic mass is 10.3. The van der Waals surface area contributed by atoms with E-state index in [1.54, 1.807) is 14.0 Å². The molecule has 0 spiro atoms. The molecule has 0 aliphatic carbocycles. The number of hydrogen-bond acceptors (Lipinski definition) is 5. The van der Waals surface area contributed by atoms with Crippen LogP contribution in [0.25, 0.3) is 0 Å². The van der Waals surface area contributed by atoms with Gasteiger partial charge < -0.3 is 10.6 Å². The molecule has 0 amide bonds. The van der Waals surface area contributed by atoms with Gasteiger partial charge >= 0.3 is 0 Å². The predicted molar refractivity (Wildman–Crippen MR) is 88.3 cm³/mol. The molecule has 130 valence electrons. The number of nitrogens with zero attached hydrogens (tertiary/aromatic N) is 2. The van der Waals surface area contributed by atoms with Crippen LogP contribution >= 0.6 is 0 Å². The van der Waals surface area contributed by atoms with Crippen molar-refractivity contribution in [1.82, 2.24) is 14.9 Å². The molecule has 0 bridgehead atoms. The van der Waals surface area contributed by atoms with Crippen molar-refractivity contribution in [2.24, 2.45) is 4.99 Å². The Kier molecular flexibility index (Phi) is 7.07. The maximum absolute atomic E-state index is 11.5. The summed E-state index contributed by atoms with van der Waals surface area (Å²) in [6.45, 7) is 3.25. The van der Waals surface area contributed by atoms with Crippen molar-refractivity contribution in [3.05, 3.63) is 0 Å². The first-order valence-electron chi connectivity index (χ1n) is 7.30. The molecule has 0 aromatic carbocycles. The second-order valence-electron chi connectivity index (χ2n) is 5.35. The lowest BCUT2D eigenvalue weighted by Gasteiger charge is -2.19. The van der Waals surface area contributed by atoms with Gasteiger partial charge in [-0.05, 0) is 12.8 Å². The molecule has 1 atom stereocenters. The van der Waals surface area contributed by atoms with Crippen LogP contribution in [0.3, 0.4) is 0 Å². The van der Waals surface area contributed by atoms with E-state index in [0.717, 1.165) is 0 Å². The van der Waals surface area contributed by atoms with E-state index in [2.05, 4.69) is 15.6 Å². The van der Waals surface area contributed by atoms with Gasteiger partial charge in [-0.3, -0.25) is 4.99 Å². The van der Waals surface area contributed by atoms with Crippen LogP contribution in [-0.2, 0) is 19.9 Å². The van der Waals surface area contributed by atoms with E-state index in [-0.39, 0.29) is 17.5 Å². The van der Waals surface area contributed by atoms with E-state index in [1.165, 1.54) is 10.6 Å². The SMILES string of the molecule is CCN(CCCNC(=NC)NC1CCS(=O)(=O)C1)S(C)(=O)=O. The minimum atomic E-state index is -3.16. The predicted octanol–water partition coefficient (Wildman–Crippen LogP) is -0.990. The van der Waals surface area contributed by atoms with Gasteiger partial charge in [-0.25, -0.2) is 21.1 Å². The van der Waals surface area contributed by atoms with E-state index >= 15 is 0 Å². The Bertz CT molecular complexity index is 586. The third-order valence-corrected chi connectivity index (χ3v) is 6.64. The zero-order valence-electron chi connectivity index (χ0n) is 13.4. The Morgan fingerprint density at radius 3 is 2.55 bits per heavy atom. The summed E-state index contributed by atoms with van der Waals surface area (Å²) in [6.07, 6.45) is 2.43. The second-order valence-corrected chi connectivity index (χ2v) is 9.56. The molecule has 1 fully saturated rings. The first kappa shape index (κ1) is 19.2. The number of rotatable bonds is 7. The van der Waals surface area contributed by atoms with Crippen molar-refractivity contribution in [3.8, 4) is 0 Å². The van der Waals surface area contributed by atoms with Gasteiger partial charge in [-0.15, -0.1) is 0 Å². The van der Waals surface area contributed by atoms with Gasteiger partial charge in [-0.2, -0.15) is 0 Å². The van der Waals surface area contributed by atoms with Gasteiger partial charge in [-0.1, -0.05) is 6.92 Å². The van der Waals surface area contributed by atoms with Crippen LogP contribution in [0, 0.1) is 0 Å². The summed E-state index contributed by atoms with van der Waals surface area (Å²) in [7, 11) is -4.47. The monoisotopic (exact) mass is 354 g/mol. The zero-order valence-corrected chi connectivity index (χ0v) is 15.0. The van der Waals surface area contributed by atoms with Gasteiger partial charge in [0.05, 0.1) is 17.8 Å². The maximum atomic E-state index is 11.5. The van der Waals surface area contributed by atoms with Crippen LogP contribution in [0.2, 0.25) is 0 Å². The number of hydrogen-bond donors (Lipinski definition) is 2. The molecule has 1 aliphatic rings. The first-order chi connectivity index (χ1) is 10.2. The smallest absolute Gasteiger partial charge is 0.211 e. The summed E-state index contributed by atoms with van der Waals surface area (Å²) in [4.78, 5) is 4.05. The van der Waals surface area contributed by atoms with Crippen molar-refractivity contribution in [2.45, 2.75) is 25.8 Å². The molecule has 8 nitrogen and oxygen atoms in total. The summed E-state index contributed by atoms with van der Waals surface area (Å²) >= 11 is 0. The molecule has 0 aromatic rings. The summed E-state index contributed by atoms with van der Waals surface area (Å²) in [5.41, 5.74) is 0. The van der Waals surface area contributed by atoms with E-state index < -0.39 is 19.9 Å². The molecule has 2 N–H and O–H groups in total. The molecule has 1 heterocycles. The number of sulfonamides is 1. The Balaban J connectivity index is 2.33. The van der Waals surface area contributed by atoms with Crippen LogP contribution in [0.4, 0.5) is 0 Å². The molecule has 1 aliphatic heterocycles. The first-order valence-corrected chi connectivity index (χ1v) is 11.0. The lowest BCUT2D eigenvalue weighted by molar-refractivity contribution is 0.424. The van der Waals surface area contributed by atoms with Crippen LogP contribution in [0.5, 0.6) is 0 Å². The topological polar surface area (TPSA) is 108 Å². The largest absolute Gasteiger partial charge is 0.356 e. The second kappa shape index (κ2) is 8.11. The zero-order chi connectivity index (χ0) is 16.8.